The van der Waals surface area contributed by atoms with Crippen LogP contribution in [0.15, 0.2) is 34.8 Å². The second-order valence-electron chi connectivity index (χ2n) is 6.96. The third kappa shape index (κ3) is 2.76. The van der Waals surface area contributed by atoms with Gasteiger partial charge in [-0.3, -0.25) is 0 Å². The highest BCUT2D eigenvalue weighted by atomic mass is 32.2. The molecule has 4 rings (SSSR count). The van der Waals surface area contributed by atoms with E-state index in [1.165, 1.54) is 40.7 Å². The van der Waals surface area contributed by atoms with E-state index in [0.717, 1.165) is 18.4 Å². The zero-order chi connectivity index (χ0) is 16.2. The van der Waals surface area contributed by atoms with E-state index >= 15 is 0 Å². The number of hydrogen-bond acceptors (Lipinski definition) is 4. The molecule has 2 aromatic heterocycles. The number of aryl methyl sites for hydroxylation is 1. The van der Waals surface area contributed by atoms with Crippen LogP contribution in [-0.4, -0.2) is 19.7 Å². The smallest absolute Gasteiger partial charge is 0.192 e. The maximum atomic E-state index is 11.6. The predicted octanol–water partition coefficient (Wildman–Crippen LogP) is 4.34. The van der Waals surface area contributed by atoms with Gasteiger partial charge < -0.3 is 0 Å². The van der Waals surface area contributed by atoms with Gasteiger partial charge in [0.1, 0.15) is 0 Å². The van der Waals surface area contributed by atoms with Gasteiger partial charge in [0.2, 0.25) is 0 Å². The second kappa shape index (κ2) is 5.02. The molecule has 120 valence electrons. The quantitative estimate of drug-likeness (QED) is 0.831. The van der Waals surface area contributed by atoms with Crippen molar-refractivity contribution in [1.82, 2.24) is 4.98 Å². The topological polar surface area (TPSA) is 47.0 Å². The summed E-state index contributed by atoms with van der Waals surface area (Å²) in [6, 6.07) is 5.81. The molecule has 0 aliphatic heterocycles. The molecule has 0 radical (unpaired) electrons. The van der Waals surface area contributed by atoms with Crippen molar-refractivity contribution in [1.29, 1.82) is 0 Å². The van der Waals surface area contributed by atoms with E-state index in [1.54, 1.807) is 23.6 Å². The van der Waals surface area contributed by atoms with Gasteiger partial charge in [-0.25, -0.2) is 13.4 Å². The lowest BCUT2D eigenvalue weighted by Gasteiger charge is -2.07. The van der Waals surface area contributed by atoms with Crippen LogP contribution in [-0.2, 0) is 9.84 Å². The Kier molecular flexibility index (Phi) is 3.29. The lowest BCUT2D eigenvalue weighted by Crippen LogP contribution is -2.00. The van der Waals surface area contributed by atoms with Crippen molar-refractivity contribution in [3.05, 3.63) is 45.8 Å². The fraction of sp³-hybridized carbons (Fsp3) is 0.389. The number of pyridine rings is 1. The Labute approximate surface area is 141 Å². The Balaban J connectivity index is 1.77. The van der Waals surface area contributed by atoms with Gasteiger partial charge in [-0.15, -0.1) is 11.3 Å². The van der Waals surface area contributed by atoms with E-state index in [1.807, 2.05) is 6.07 Å². The molecule has 5 heteroatoms. The van der Waals surface area contributed by atoms with Crippen molar-refractivity contribution in [2.45, 2.75) is 37.6 Å². The summed E-state index contributed by atoms with van der Waals surface area (Å²) >= 11 is 1.81. The number of allylic oxidation sites excluding steroid dienone is 2. The number of aromatic nitrogens is 1. The van der Waals surface area contributed by atoms with E-state index in [4.69, 9.17) is 0 Å². The van der Waals surface area contributed by atoms with Gasteiger partial charge in [0, 0.05) is 17.3 Å². The first-order valence-corrected chi connectivity index (χ1v) is 10.6. The van der Waals surface area contributed by atoms with Gasteiger partial charge in [0.05, 0.1) is 0 Å². The summed E-state index contributed by atoms with van der Waals surface area (Å²) in [6.07, 6.45) is 7.78. The average Bonchev–Trinajstić information content (AvgIpc) is 2.93. The van der Waals surface area contributed by atoms with Crippen molar-refractivity contribution >= 4 is 32.3 Å². The Morgan fingerprint density at radius 3 is 2.43 bits per heavy atom. The lowest BCUT2D eigenvalue weighted by molar-refractivity contribution is 0.568. The molecule has 2 heterocycles. The van der Waals surface area contributed by atoms with Crippen LogP contribution in [0.3, 0.4) is 0 Å². The molecule has 0 N–H and O–H groups in total. The predicted molar refractivity (Wildman–Crippen MR) is 94.1 cm³/mol. The second-order valence-corrected chi connectivity index (χ2v) is 9.83. The number of sulfone groups is 1. The van der Waals surface area contributed by atoms with E-state index in [2.05, 4.69) is 23.4 Å². The van der Waals surface area contributed by atoms with Gasteiger partial charge in [-0.2, -0.15) is 0 Å². The molecule has 1 spiro atoms. The molecular weight excluding hydrogens is 326 g/mol. The molecule has 0 amide bonds. The van der Waals surface area contributed by atoms with Gasteiger partial charge in [-0.05, 0) is 77.8 Å². The fourth-order valence-corrected chi connectivity index (χ4v) is 4.97. The van der Waals surface area contributed by atoms with E-state index in [0.29, 0.717) is 5.41 Å². The third-order valence-corrected chi connectivity index (χ3v) is 7.03. The lowest BCUT2D eigenvalue weighted by atomic mass is 10.00. The summed E-state index contributed by atoms with van der Waals surface area (Å²) in [4.78, 5) is 5.53. The number of thiophene rings is 1. The highest BCUT2D eigenvalue weighted by Gasteiger charge is 2.48. The first-order chi connectivity index (χ1) is 10.9. The van der Waals surface area contributed by atoms with Crippen LogP contribution in [0.4, 0.5) is 0 Å². The van der Waals surface area contributed by atoms with Crippen molar-refractivity contribution in [3.8, 4) is 0 Å². The first-order valence-electron chi connectivity index (χ1n) is 7.80. The Hall–Kier alpha value is -1.46. The van der Waals surface area contributed by atoms with Crippen LogP contribution in [0.1, 0.15) is 41.7 Å². The van der Waals surface area contributed by atoms with Crippen LogP contribution in [0.25, 0.3) is 11.1 Å². The van der Waals surface area contributed by atoms with Crippen LogP contribution in [0.5, 0.6) is 0 Å². The van der Waals surface area contributed by atoms with E-state index < -0.39 is 9.84 Å². The summed E-state index contributed by atoms with van der Waals surface area (Å²) in [6.45, 7) is 2.13. The third-order valence-electron chi connectivity index (χ3n) is 4.92. The standard InChI is InChI=1S/C18H19NO2S2/c1-12-7-16(22-11-12)15-9-18(5-6-18)8-14(15)13-3-4-17(19-10-13)23(2,20)21/h3-4,7,10-11H,5-6,8-9H2,1-2H3. The van der Waals surface area contributed by atoms with Crippen molar-refractivity contribution < 1.29 is 8.42 Å². The minimum atomic E-state index is -3.24. The molecule has 1 fully saturated rings. The SMILES string of the molecule is Cc1csc(C2=C(c3ccc(S(C)(=O)=O)nc3)CC3(CC3)C2)c1. The first kappa shape index (κ1) is 15.1. The van der Waals surface area contributed by atoms with Gasteiger partial charge in [0.25, 0.3) is 0 Å². The Morgan fingerprint density at radius 2 is 1.91 bits per heavy atom. The summed E-state index contributed by atoms with van der Waals surface area (Å²) < 4.78 is 23.2. The normalized spacial score (nSPS) is 19.6. The number of hydrogen-bond donors (Lipinski definition) is 0. The fourth-order valence-electron chi connectivity index (χ4n) is 3.44. The zero-order valence-corrected chi connectivity index (χ0v) is 14.9. The van der Waals surface area contributed by atoms with Gasteiger partial charge in [0.15, 0.2) is 14.9 Å². The van der Waals surface area contributed by atoms with Crippen LogP contribution in [0.2, 0.25) is 0 Å². The maximum absolute atomic E-state index is 11.6. The summed E-state index contributed by atoms with van der Waals surface area (Å²) in [5.41, 5.74) is 5.64. The summed E-state index contributed by atoms with van der Waals surface area (Å²) in [5, 5.41) is 2.34. The minimum Gasteiger partial charge on any atom is -0.244 e. The molecule has 2 aliphatic rings. The highest BCUT2D eigenvalue weighted by molar-refractivity contribution is 7.90. The highest BCUT2D eigenvalue weighted by Crippen LogP contribution is 2.63. The van der Waals surface area contributed by atoms with Crippen molar-refractivity contribution in [3.63, 3.8) is 0 Å². The zero-order valence-electron chi connectivity index (χ0n) is 13.3. The molecular formula is C18H19NO2S2. The molecule has 2 aliphatic carbocycles. The number of nitrogens with zero attached hydrogens (tertiary/aromatic N) is 1. The Morgan fingerprint density at radius 1 is 1.17 bits per heavy atom. The molecule has 0 aromatic carbocycles. The molecule has 0 atom stereocenters. The largest absolute Gasteiger partial charge is 0.244 e. The molecule has 23 heavy (non-hydrogen) atoms. The minimum absolute atomic E-state index is 0.148. The van der Waals surface area contributed by atoms with Gasteiger partial charge in [-0.1, -0.05) is 6.07 Å². The van der Waals surface area contributed by atoms with Crippen LogP contribution in [0, 0.1) is 12.3 Å². The van der Waals surface area contributed by atoms with Crippen molar-refractivity contribution in [2.24, 2.45) is 5.41 Å². The molecule has 3 nitrogen and oxygen atoms in total. The molecule has 0 unspecified atom stereocenters. The average molecular weight is 345 g/mol. The Bertz CT molecular complexity index is 901. The van der Waals surface area contributed by atoms with Crippen LogP contribution < -0.4 is 0 Å². The van der Waals surface area contributed by atoms with E-state index in [9.17, 15) is 8.42 Å². The molecule has 1 saturated carbocycles. The maximum Gasteiger partial charge on any atom is 0.192 e. The van der Waals surface area contributed by atoms with Crippen LogP contribution >= 0.6 is 11.3 Å². The monoisotopic (exact) mass is 345 g/mol. The van der Waals surface area contributed by atoms with Crippen molar-refractivity contribution in [2.75, 3.05) is 6.26 Å². The molecule has 0 bridgehead atoms. The molecule has 0 saturated heterocycles. The van der Waals surface area contributed by atoms with E-state index in [-0.39, 0.29) is 5.03 Å². The molecule has 2 aromatic rings. The summed E-state index contributed by atoms with van der Waals surface area (Å²) in [7, 11) is -3.24. The summed E-state index contributed by atoms with van der Waals surface area (Å²) in [5.74, 6) is 0. The van der Waals surface area contributed by atoms with Gasteiger partial charge >= 0.3 is 0 Å². The number of rotatable bonds is 3.